The lowest BCUT2D eigenvalue weighted by atomic mass is 10.1. The van der Waals surface area contributed by atoms with E-state index in [-0.39, 0.29) is 17.4 Å². The topological polar surface area (TPSA) is 99.1 Å². The molecule has 26 heavy (non-hydrogen) atoms. The van der Waals surface area contributed by atoms with Crippen molar-refractivity contribution in [2.45, 2.75) is 23.8 Å². The Labute approximate surface area is 155 Å². The molecule has 1 unspecified atom stereocenters. The molecule has 4 rings (SSSR count). The Hall–Kier alpha value is -2.13. The molecular formula is C17H17N3O4S2. The van der Waals surface area contributed by atoms with Gasteiger partial charge in [0, 0.05) is 18.1 Å². The van der Waals surface area contributed by atoms with Crippen LogP contribution in [-0.2, 0) is 22.0 Å². The first-order chi connectivity index (χ1) is 12.6. The minimum atomic E-state index is -2.89. The molecule has 7 nitrogen and oxygen atoms in total. The van der Waals surface area contributed by atoms with Crippen LogP contribution in [0.2, 0.25) is 0 Å². The summed E-state index contributed by atoms with van der Waals surface area (Å²) in [6.45, 7) is 0. The van der Waals surface area contributed by atoms with Gasteiger partial charge in [-0.2, -0.15) is 0 Å². The third-order valence-electron chi connectivity index (χ3n) is 4.20. The van der Waals surface area contributed by atoms with Gasteiger partial charge in [-0.3, -0.25) is 0 Å². The molecule has 0 aliphatic carbocycles. The number of sulfone groups is 1. The Morgan fingerprint density at radius 3 is 2.81 bits per heavy atom. The van der Waals surface area contributed by atoms with Crippen molar-refractivity contribution in [3.05, 3.63) is 48.0 Å². The summed E-state index contributed by atoms with van der Waals surface area (Å²) in [6.07, 6.45) is 1.17. The fourth-order valence-electron chi connectivity index (χ4n) is 2.92. The Balaban J connectivity index is 1.33. The molecule has 0 bridgehead atoms. The molecule has 136 valence electrons. The quantitative estimate of drug-likeness (QED) is 0.591. The van der Waals surface area contributed by atoms with E-state index in [1.165, 1.54) is 11.8 Å². The average Bonchev–Trinajstić information content (AvgIpc) is 3.34. The van der Waals surface area contributed by atoms with Crippen LogP contribution >= 0.6 is 11.8 Å². The minimum absolute atomic E-state index is 0.0704. The highest BCUT2D eigenvalue weighted by Crippen LogP contribution is 2.27. The lowest BCUT2D eigenvalue weighted by Crippen LogP contribution is -2.07. The van der Waals surface area contributed by atoms with E-state index >= 15 is 0 Å². The lowest BCUT2D eigenvalue weighted by Gasteiger charge is -2.01. The lowest BCUT2D eigenvalue weighted by molar-refractivity contribution is 0.385. The number of rotatable bonds is 6. The van der Waals surface area contributed by atoms with Crippen molar-refractivity contribution in [1.82, 2.24) is 15.4 Å². The highest BCUT2D eigenvalue weighted by atomic mass is 32.2. The van der Waals surface area contributed by atoms with Gasteiger partial charge in [0.05, 0.1) is 17.3 Å². The Morgan fingerprint density at radius 2 is 2.04 bits per heavy atom. The van der Waals surface area contributed by atoms with Crippen LogP contribution in [0.5, 0.6) is 0 Å². The van der Waals surface area contributed by atoms with E-state index in [1.807, 2.05) is 36.4 Å². The first-order valence-corrected chi connectivity index (χ1v) is 11.0. The smallest absolute Gasteiger partial charge is 0.277 e. The first-order valence-electron chi connectivity index (χ1n) is 8.24. The number of aromatic nitrogens is 3. The van der Waals surface area contributed by atoms with Crippen LogP contribution in [0.1, 0.15) is 18.1 Å². The number of thioether (sulfide) groups is 1. The van der Waals surface area contributed by atoms with Crippen molar-refractivity contribution in [2.24, 2.45) is 5.92 Å². The molecule has 0 N–H and O–H groups in total. The Morgan fingerprint density at radius 1 is 1.19 bits per heavy atom. The van der Waals surface area contributed by atoms with Gasteiger partial charge < -0.3 is 8.94 Å². The largest absolute Gasteiger partial charge is 0.416 e. The molecule has 1 aromatic carbocycles. The van der Waals surface area contributed by atoms with E-state index < -0.39 is 9.84 Å². The highest BCUT2D eigenvalue weighted by molar-refractivity contribution is 7.98. The number of nitrogens with zero attached hydrogens (tertiary/aromatic N) is 3. The van der Waals surface area contributed by atoms with Crippen LogP contribution in [0, 0.1) is 5.92 Å². The van der Waals surface area contributed by atoms with Crippen LogP contribution in [0.25, 0.3) is 11.3 Å². The molecule has 1 fully saturated rings. The summed E-state index contributed by atoms with van der Waals surface area (Å²) in [7, 11) is -2.89. The van der Waals surface area contributed by atoms with Gasteiger partial charge in [-0.05, 0) is 12.3 Å². The summed E-state index contributed by atoms with van der Waals surface area (Å²) >= 11 is 1.37. The van der Waals surface area contributed by atoms with Crippen LogP contribution < -0.4 is 0 Å². The monoisotopic (exact) mass is 391 g/mol. The third-order valence-corrected chi connectivity index (χ3v) is 6.88. The number of hydrogen-bond donors (Lipinski definition) is 0. The van der Waals surface area contributed by atoms with Gasteiger partial charge >= 0.3 is 0 Å². The summed E-state index contributed by atoms with van der Waals surface area (Å²) in [6, 6.07) is 11.7. The van der Waals surface area contributed by atoms with Gasteiger partial charge in [-0.15, -0.1) is 10.2 Å². The second kappa shape index (κ2) is 7.24. The highest BCUT2D eigenvalue weighted by Gasteiger charge is 2.29. The van der Waals surface area contributed by atoms with Gasteiger partial charge in [0.2, 0.25) is 5.89 Å². The van der Waals surface area contributed by atoms with Crippen LogP contribution in [-0.4, -0.2) is 35.3 Å². The Kier molecular flexibility index (Phi) is 4.82. The second-order valence-corrected chi connectivity index (χ2v) is 9.42. The molecule has 1 aliphatic rings. The predicted molar refractivity (Wildman–Crippen MR) is 96.3 cm³/mol. The zero-order chi connectivity index (χ0) is 18.0. The normalized spacial score (nSPS) is 19.0. The molecule has 0 amide bonds. The summed E-state index contributed by atoms with van der Waals surface area (Å²) in [5.74, 6) is 2.26. The molecule has 3 heterocycles. The molecule has 1 saturated heterocycles. The molecule has 0 saturated carbocycles. The fraction of sp³-hybridized carbons (Fsp3) is 0.353. The maximum atomic E-state index is 11.5. The molecule has 0 spiro atoms. The molecular weight excluding hydrogens is 374 g/mol. The summed E-state index contributed by atoms with van der Waals surface area (Å²) in [5.41, 5.74) is 1.79. The van der Waals surface area contributed by atoms with E-state index in [1.54, 1.807) is 0 Å². The van der Waals surface area contributed by atoms with Crippen molar-refractivity contribution in [1.29, 1.82) is 0 Å². The van der Waals surface area contributed by atoms with Gasteiger partial charge in [0.15, 0.2) is 9.84 Å². The minimum Gasteiger partial charge on any atom is -0.416 e. The van der Waals surface area contributed by atoms with E-state index in [2.05, 4.69) is 15.4 Å². The maximum absolute atomic E-state index is 11.5. The van der Waals surface area contributed by atoms with E-state index in [4.69, 9.17) is 8.94 Å². The van der Waals surface area contributed by atoms with Crippen molar-refractivity contribution < 1.29 is 17.4 Å². The summed E-state index contributed by atoms with van der Waals surface area (Å²) in [5, 5.41) is 12.5. The third kappa shape index (κ3) is 4.16. The fourth-order valence-corrected chi connectivity index (χ4v) is 5.44. The predicted octanol–water partition coefficient (Wildman–Crippen LogP) is 2.99. The van der Waals surface area contributed by atoms with Crippen molar-refractivity contribution in [3.8, 4) is 11.3 Å². The first kappa shape index (κ1) is 17.3. The maximum Gasteiger partial charge on any atom is 0.277 e. The standard InChI is InChI=1S/C17H17N3O4S2/c21-26(22)7-6-12(11-26)8-16-18-19-17(23-16)25-10-14-9-15(20-24-14)13-4-2-1-3-5-13/h1-5,9,12H,6-8,10-11H2. The van der Waals surface area contributed by atoms with Crippen LogP contribution in [0.3, 0.4) is 0 Å². The van der Waals surface area contributed by atoms with E-state index in [0.29, 0.717) is 29.7 Å². The van der Waals surface area contributed by atoms with Gasteiger partial charge in [-0.1, -0.05) is 47.3 Å². The van der Waals surface area contributed by atoms with Gasteiger partial charge in [-0.25, -0.2) is 8.42 Å². The summed E-state index contributed by atoms with van der Waals surface area (Å²) < 4.78 is 34.0. The number of benzene rings is 1. The van der Waals surface area contributed by atoms with Crippen molar-refractivity contribution in [2.75, 3.05) is 11.5 Å². The molecule has 1 aliphatic heterocycles. The molecule has 1 atom stereocenters. The van der Waals surface area contributed by atoms with Gasteiger partial charge in [0.1, 0.15) is 11.5 Å². The van der Waals surface area contributed by atoms with E-state index in [0.717, 1.165) is 17.0 Å². The zero-order valence-corrected chi connectivity index (χ0v) is 15.5. The molecule has 3 aromatic rings. The number of hydrogen-bond acceptors (Lipinski definition) is 8. The summed E-state index contributed by atoms with van der Waals surface area (Å²) in [4.78, 5) is 0. The van der Waals surface area contributed by atoms with E-state index in [9.17, 15) is 8.42 Å². The average molecular weight is 391 g/mol. The second-order valence-electron chi connectivity index (χ2n) is 6.27. The molecule has 0 radical (unpaired) electrons. The SMILES string of the molecule is O=S1(=O)CCC(Cc2nnc(SCc3cc(-c4ccccc4)no3)o2)C1. The molecule has 9 heteroatoms. The molecule has 2 aromatic heterocycles. The van der Waals surface area contributed by atoms with Crippen LogP contribution in [0.15, 0.2) is 50.6 Å². The Bertz CT molecular complexity index is 982. The van der Waals surface area contributed by atoms with Crippen LogP contribution in [0.4, 0.5) is 0 Å². The van der Waals surface area contributed by atoms with Gasteiger partial charge in [0.25, 0.3) is 5.22 Å². The van der Waals surface area contributed by atoms with Crippen molar-refractivity contribution >= 4 is 21.6 Å². The van der Waals surface area contributed by atoms with Crippen molar-refractivity contribution in [3.63, 3.8) is 0 Å². The zero-order valence-electron chi connectivity index (χ0n) is 13.9.